The summed E-state index contributed by atoms with van der Waals surface area (Å²) < 4.78 is 0. The average molecular weight is 221 g/mol. The van der Waals surface area contributed by atoms with Crippen molar-refractivity contribution in [2.24, 2.45) is 0 Å². The van der Waals surface area contributed by atoms with Crippen molar-refractivity contribution in [3.05, 3.63) is 35.9 Å². The fraction of sp³-hybridized carbons (Fsp3) is 0.538. The van der Waals surface area contributed by atoms with Crippen molar-refractivity contribution in [2.75, 3.05) is 13.2 Å². The van der Waals surface area contributed by atoms with E-state index in [2.05, 4.69) is 17.0 Å². The molecule has 0 radical (unpaired) electrons. The summed E-state index contributed by atoms with van der Waals surface area (Å²) in [6.07, 6.45) is 1.96. The molecule has 2 rings (SSSR count). The standard InChI is InChI=1S/C13H19NO2/c15-9-12-6-7-13(10-16)14(12)8-11-4-2-1-3-5-11/h1-5,12-13,15-16H,6-10H2/t12-,13-/m0/s1. The second kappa shape index (κ2) is 5.43. The number of hydrogen-bond acceptors (Lipinski definition) is 3. The molecular weight excluding hydrogens is 202 g/mol. The lowest BCUT2D eigenvalue weighted by Crippen LogP contribution is -2.39. The molecule has 0 aliphatic carbocycles. The Bertz CT molecular complexity index is 303. The normalized spacial score (nSPS) is 26.1. The Morgan fingerprint density at radius 2 is 1.56 bits per heavy atom. The largest absolute Gasteiger partial charge is 0.395 e. The van der Waals surface area contributed by atoms with E-state index >= 15 is 0 Å². The number of nitrogens with zero attached hydrogens (tertiary/aromatic N) is 1. The Morgan fingerprint density at radius 3 is 2.06 bits per heavy atom. The number of benzene rings is 1. The van der Waals surface area contributed by atoms with Crippen LogP contribution in [0.1, 0.15) is 18.4 Å². The lowest BCUT2D eigenvalue weighted by Gasteiger charge is -2.28. The summed E-state index contributed by atoms with van der Waals surface area (Å²) in [5, 5.41) is 18.6. The van der Waals surface area contributed by atoms with Crippen LogP contribution in [0.15, 0.2) is 30.3 Å². The first kappa shape index (κ1) is 11.6. The van der Waals surface area contributed by atoms with Crippen LogP contribution in [0.3, 0.4) is 0 Å². The molecule has 1 aromatic carbocycles. The lowest BCUT2D eigenvalue weighted by molar-refractivity contribution is 0.0903. The molecule has 0 aromatic heterocycles. The summed E-state index contributed by atoms with van der Waals surface area (Å²) in [4.78, 5) is 2.22. The summed E-state index contributed by atoms with van der Waals surface area (Å²) in [5.41, 5.74) is 1.24. The second-order valence-corrected chi connectivity index (χ2v) is 4.41. The van der Waals surface area contributed by atoms with E-state index < -0.39 is 0 Å². The summed E-state index contributed by atoms with van der Waals surface area (Å²) in [5.74, 6) is 0. The number of hydrogen-bond donors (Lipinski definition) is 2. The molecule has 0 unspecified atom stereocenters. The zero-order valence-corrected chi connectivity index (χ0v) is 9.42. The van der Waals surface area contributed by atoms with Crippen LogP contribution >= 0.6 is 0 Å². The molecule has 3 nitrogen and oxygen atoms in total. The van der Waals surface area contributed by atoms with E-state index in [1.807, 2.05) is 18.2 Å². The summed E-state index contributed by atoms with van der Waals surface area (Å²) in [6.45, 7) is 1.18. The van der Waals surface area contributed by atoms with Crippen LogP contribution in [-0.2, 0) is 6.54 Å². The third-order valence-corrected chi connectivity index (χ3v) is 3.40. The fourth-order valence-corrected chi connectivity index (χ4v) is 2.46. The van der Waals surface area contributed by atoms with Gasteiger partial charge < -0.3 is 10.2 Å². The summed E-state index contributed by atoms with van der Waals surface area (Å²) in [7, 11) is 0. The first-order chi connectivity index (χ1) is 7.85. The van der Waals surface area contributed by atoms with Gasteiger partial charge in [0.05, 0.1) is 13.2 Å². The minimum Gasteiger partial charge on any atom is -0.395 e. The molecular formula is C13H19NO2. The molecule has 16 heavy (non-hydrogen) atoms. The van der Waals surface area contributed by atoms with Crippen molar-refractivity contribution in [1.82, 2.24) is 4.90 Å². The van der Waals surface area contributed by atoms with Gasteiger partial charge in [-0.3, -0.25) is 4.90 Å². The molecule has 1 fully saturated rings. The Morgan fingerprint density at radius 1 is 1.00 bits per heavy atom. The van der Waals surface area contributed by atoms with Crippen LogP contribution in [0.25, 0.3) is 0 Å². The SMILES string of the molecule is OC[C@@H]1CC[C@@H](CO)N1Cc1ccccc1. The van der Waals surface area contributed by atoms with Crippen LogP contribution in [0.2, 0.25) is 0 Å². The van der Waals surface area contributed by atoms with Gasteiger partial charge in [0, 0.05) is 18.6 Å². The highest BCUT2D eigenvalue weighted by atomic mass is 16.3. The number of aliphatic hydroxyl groups excluding tert-OH is 2. The van der Waals surface area contributed by atoms with Gasteiger partial charge in [0.2, 0.25) is 0 Å². The predicted octanol–water partition coefficient (Wildman–Crippen LogP) is 1.00. The number of likely N-dealkylation sites (tertiary alicyclic amines) is 1. The van der Waals surface area contributed by atoms with Crippen LogP contribution < -0.4 is 0 Å². The van der Waals surface area contributed by atoms with Crippen LogP contribution in [-0.4, -0.2) is 40.4 Å². The Balaban J connectivity index is 2.06. The van der Waals surface area contributed by atoms with E-state index in [0.29, 0.717) is 0 Å². The highest BCUT2D eigenvalue weighted by molar-refractivity contribution is 5.15. The Hall–Kier alpha value is -0.900. The van der Waals surface area contributed by atoms with E-state index in [-0.39, 0.29) is 25.3 Å². The van der Waals surface area contributed by atoms with Crippen molar-refractivity contribution in [2.45, 2.75) is 31.5 Å². The molecule has 1 aliphatic rings. The predicted molar refractivity (Wildman–Crippen MR) is 63.0 cm³/mol. The molecule has 0 saturated carbocycles. The molecule has 1 saturated heterocycles. The first-order valence-electron chi connectivity index (χ1n) is 5.86. The first-order valence-corrected chi connectivity index (χ1v) is 5.86. The maximum Gasteiger partial charge on any atom is 0.0587 e. The van der Waals surface area contributed by atoms with E-state index in [1.54, 1.807) is 0 Å². The molecule has 1 heterocycles. The van der Waals surface area contributed by atoms with Gasteiger partial charge in [0.15, 0.2) is 0 Å². The minimum atomic E-state index is 0.184. The summed E-state index contributed by atoms with van der Waals surface area (Å²) in [6, 6.07) is 10.6. The molecule has 88 valence electrons. The van der Waals surface area contributed by atoms with Crippen LogP contribution in [0, 0.1) is 0 Å². The van der Waals surface area contributed by atoms with Gasteiger partial charge in [0.25, 0.3) is 0 Å². The maximum absolute atomic E-state index is 9.30. The van der Waals surface area contributed by atoms with Gasteiger partial charge in [-0.25, -0.2) is 0 Å². The average Bonchev–Trinajstić information content (AvgIpc) is 2.72. The molecule has 0 spiro atoms. The van der Waals surface area contributed by atoms with Gasteiger partial charge in [-0.2, -0.15) is 0 Å². The monoisotopic (exact) mass is 221 g/mol. The molecule has 1 aliphatic heterocycles. The lowest BCUT2D eigenvalue weighted by atomic mass is 10.2. The van der Waals surface area contributed by atoms with Crippen molar-refractivity contribution in [3.8, 4) is 0 Å². The highest BCUT2D eigenvalue weighted by Gasteiger charge is 2.32. The van der Waals surface area contributed by atoms with E-state index in [9.17, 15) is 10.2 Å². The molecule has 0 amide bonds. The van der Waals surface area contributed by atoms with E-state index in [1.165, 1.54) is 5.56 Å². The van der Waals surface area contributed by atoms with Gasteiger partial charge in [-0.15, -0.1) is 0 Å². The topological polar surface area (TPSA) is 43.7 Å². The van der Waals surface area contributed by atoms with E-state index in [0.717, 1.165) is 19.4 Å². The Labute approximate surface area is 96.3 Å². The van der Waals surface area contributed by atoms with Crippen LogP contribution in [0.5, 0.6) is 0 Å². The highest BCUT2D eigenvalue weighted by Crippen LogP contribution is 2.25. The third kappa shape index (κ3) is 2.43. The molecule has 2 atom stereocenters. The number of aliphatic hydroxyl groups is 2. The van der Waals surface area contributed by atoms with Gasteiger partial charge >= 0.3 is 0 Å². The summed E-state index contributed by atoms with van der Waals surface area (Å²) >= 11 is 0. The van der Waals surface area contributed by atoms with Gasteiger partial charge in [-0.05, 0) is 18.4 Å². The number of rotatable bonds is 4. The third-order valence-electron chi connectivity index (χ3n) is 3.40. The minimum absolute atomic E-state index is 0.184. The van der Waals surface area contributed by atoms with Crippen molar-refractivity contribution < 1.29 is 10.2 Å². The molecule has 1 aromatic rings. The van der Waals surface area contributed by atoms with Gasteiger partial charge in [0.1, 0.15) is 0 Å². The zero-order chi connectivity index (χ0) is 11.4. The van der Waals surface area contributed by atoms with Crippen LogP contribution in [0.4, 0.5) is 0 Å². The van der Waals surface area contributed by atoms with Gasteiger partial charge in [-0.1, -0.05) is 30.3 Å². The van der Waals surface area contributed by atoms with Crippen molar-refractivity contribution >= 4 is 0 Å². The fourth-order valence-electron chi connectivity index (χ4n) is 2.46. The molecule has 0 bridgehead atoms. The maximum atomic E-state index is 9.30. The molecule has 3 heteroatoms. The van der Waals surface area contributed by atoms with E-state index in [4.69, 9.17) is 0 Å². The second-order valence-electron chi connectivity index (χ2n) is 4.41. The smallest absolute Gasteiger partial charge is 0.0587 e. The zero-order valence-electron chi connectivity index (χ0n) is 9.42. The van der Waals surface area contributed by atoms with Crippen molar-refractivity contribution in [1.29, 1.82) is 0 Å². The molecule has 2 N–H and O–H groups in total. The quantitative estimate of drug-likeness (QED) is 0.797. The van der Waals surface area contributed by atoms with Crippen molar-refractivity contribution in [3.63, 3.8) is 0 Å². The Kier molecular flexibility index (Phi) is 3.93.